The fourth-order valence-corrected chi connectivity index (χ4v) is 2.95. The fraction of sp³-hybridized carbons (Fsp3) is 0.727. The maximum atomic E-state index is 9.24. The third kappa shape index (κ3) is 2.21. The molecule has 1 aliphatic heterocycles. The van der Waals surface area contributed by atoms with E-state index in [2.05, 4.69) is 23.9 Å². The van der Waals surface area contributed by atoms with Crippen molar-refractivity contribution >= 4 is 16.5 Å². The first-order valence-corrected chi connectivity index (χ1v) is 6.48. The van der Waals surface area contributed by atoms with Crippen LogP contribution in [0.3, 0.4) is 0 Å². The SMILES string of the molecule is CCc1nc(N(C)C2CCOC2)sc1CO. The minimum atomic E-state index is 0.0931. The predicted octanol–water partition coefficient (Wildman–Crippen LogP) is 1.42. The van der Waals surface area contributed by atoms with E-state index in [1.54, 1.807) is 11.3 Å². The number of anilines is 1. The number of likely N-dealkylation sites (N-methyl/N-ethyl adjacent to an activating group) is 1. The van der Waals surface area contributed by atoms with Crippen LogP contribution in [0.15, 0.2) is 0 Å². The molecule has 1 atom stereocenters. The van der Waals surface area contributed by atoms with E-state index in [1.165, 1.54) is 0 Å². The van der Waals surface area contributed by atoms with Crippen molar-refractivity contribution in [2.75, 3.05) is 25.2 Å². The lowest BCUT2D eigenvalue weighted by Gasteiger charge is -2.21. The van der Waals surface area contributed by atoms with Gasteiger partial charge < -0.3 is 14.7 Å². The topological polar surface area (TPSA) is 45.6 Å². The highest BCUT2D eigenvalue weighted by atomic mass is 32.1. The van der Waals surface area contributed by atoms with Gasteiger partial charge >= 0.3 is 0 Å². The second kappa shape index (κ2) is 5.12. The van der Waals surface area contributed by atoms with Gasteiger partial charge in [0.25, 0.3) is 0 Å². The first-order chi connectivity index (χ1) is 7.76. The van der Waals surface area contributed by atoms with Gasteiger partial charge in [-0.2, -0.15) is 0 Å². The molecule has 1 fully saturated rings. The van der Waals surface area contributed by atoms with Crippen LogP contribution in [0.4, 0.5) is 5.13 Å². The van der Waals surface area contributed by atoms with Crippen molar-refractivity contribution in [1.29, 1.82) is 0 Å². The van der Waals surface area contributed by atoms with Crippen molar-refractivity contribution in [3.63, 3.8) is 0 Å². The number of aliphatic hydroxyl groups excluding tert-OH is 1. The Morgan fingerprint density at radius 1 is 1.62 bits per heavy atom. The number of ether oxygens (including phenoxy) is 1. The van der Waals surface area contributed by atoms with E-state index in [1.807, 2.05) is 0 Å². The molecule has 1 saturated heterocycles. The zero-order valence-electron chi connectivity index (χ0n) is 9.77. The first kappa shape index (κ1) is 11.8. The summed E-state index contributed by atoms with van der Waals surface area (Å²) in [4.78, 5) is 7.74. The van der Waals surface area contributed by atoms with Crippen LogP contribution in [0.2, 0.25) is 0 Å². The number of rotatable bonds is 4. The molecule has 1 aromatic heterocycles. The van der Waals surface area contributed by atoms with E-state index >= 15 is 0 Å². The lowest BCUT2D eigenvalue weighted by atomic mass is 10.2. The number of aromatic nitrogens is 1. The molecule has 0 amide bonds. The van der Waals surface area contributed by atoms with Crippen molar-refractivity contribution in [2.24, 2.45) is 0 Å². The van der Waals surface area contributed by atoms with Gasteiger partial charge in [-0.3, -0.25) is 0 Å². The summed E-state index contributed by atoms with van der Waals surface area (Å²) in [6, 6.07) is 0.433. The monoisotopic (exact) mass is 242 g/mol. The Labute approximate surface area is 99.9 Å². The summed E-state index contributed by atoms with van der Waals surface area (Å²) in [6.07, 6.45) is 1.94. The molecular formula is C11H18N2O2S. The summed E-state index contributed by atoms with van der Waals surface area (Å²) in [6.45, 7) is 3.78. The number of thiazole rings is 1. The number of hydrogen-bond acceptors (Lipinski definition) is 5. The molecule has 1 aromatic rings. The van der Waals surface area contributed by atoms with E-state index in [9.17, 15) is 5.11 Å². The molecule has 0 aromatic carbocycles. The highest BCUT2D eigenvalue weighted by Gasteiger charge is 2.23. The molecule has 16 heavy (non-hydrogen) atoms. The third-order valence-corrected chi connectivity index (χ3v) is 4.17. The Hall–Kier alpha value is -0.650. The van der Waals surface area contributed by atoms with Gasteiger partial charge in [0.2, 0.25) is 0 Å². The third-order valence-electron chi connectivity index (χ3n) is 3.00. The van der Waals surface area contributed by atoms with E-state index in [-0.39, 0.29) is 6.61 Å². The molecular weight excluding hydrogens is 224 g/mol. The summed E-state index contributed by atoms with van der Waals surface area (Å²) in [5.41, 5.74) is 1.02. The van der Waals surface area contributed by atoms with E-state index in [0.29, 0.717) is 6.04 Å². The van der Waals surface area contributed by atoms with Crippen molar-refractivity contribution in [2.45, 2.75) is 32.4 Å². The second-order valence-corrected chi connectivity index (χ2v) is 5.07. The van der Waals surface area contributed by atoms with E-state index in [4.69, 9.17) is 4.74 Å². The maximum Gasteiger partial charge on any atom is 0.185 e. The van der Waals surface area contributed by atoms with Crippen molar-refractivity contribution in [3.8, 4) is 0 Å². The number of aryl methyl sites for hydroxylation is 1. The van der Waals surface area contributed by atoms with Gasteiger partial charge in [-0.05, 0) is 12.8 Å². The molecule has 2 rings (SSSR count). The molecule has 1 unspecified atom stereocenters. The average Bonchev–Trinajstić information content (AvgIpc) is 2.96. The second-order valence-electron chi connectivity index (χ2n) is 4.01. The van der Waals surface area contributed by atoms with Gasteiger partial charge in [0.1, 0.15) is 0 Å². The Kier molecular flexibility index (Phi) is 3.78. The van der Waals surface area contributed by atoms with Crippen LogP contribution in [0.5, 0.6) is 0 Å². The lowest BCUT2D eigenvalue weighted by molar-refractivity contribution is 0.193. The van der Waals surface area contributed by atoms with E-state index in [0.717, 1.165) is 41.8 Å². The summed E-state index contributed by atoms with van der Waals surface area (Å²) >= 11 is 1.59. The van der Waals surface area contributed by atoms with Gasteiger partial charge in [-0.1, -0.05) is 18.3 Å². The Morgan fingerprint density at radius 2 is 2.44 bits per heavy atom. The highest BCUT2D eigenvalue weighted by Crippen LogP contribution is 2.28. The number of nitrogens with zero attached hydrogens (tertiary/aromatic N) is 2. The van der Waals surface area contributed by atoms with Crippen LogP contribution in [0.25, 0.3) is 0 Å². The standard InChI is InChI=1S/C11H18N2O2S/c1-3-9-10(6-14)16-11(12-9)13(2)8-4-5-15-7-8/h8,14H,3-7H2,1-2H3. The minimum absolute atomic E-state index is 0.0931. The minimum Gasteiger partial charge on any atom is -0.391 e. The van der Waals surface area contributed by atoms with Crippen LogP contribution >= 0.6 is 11.3 Å². The van der Waals surface area contributed by atoms with Gasteiger partial charge in [-0.25, -0.2) is 4.98 Å². The normalized spacial score (nSPS) is 20.3. The summed E-state index contributed by atoms with van der Waals surface area (Å²) in [5.74, 6) is 0. The summed E-state index contributed by atoms with van der Waals surface area (Å²) in [5, 5.41) is 10.2. The molecule has 5 heteroatoms. The van der Waals surface area contributed by atoms with Crippen molar-refractivity contribution in [3.05, 3.63) is 10.6 Å². The van der Waals surface area contributed by atoms with Crippen LogP contribution in [-0.2, 0) is 17.8 Å². The Bertz CT molecular complexity index is 326. The molecule has 0 aliphatic carbocycles. The van der Waals surface area contributed by atoms with Crippen molar-refractivity contribution < 1.29 is 9.84 Å². The maximum absolute atomic E-state index is 9.24. The first-order valence-electron chi connectivity index (χ1n) is 5.66. The lowest BCUT2D eigenvalue weighted by Crippen LogP contribution is -2.31. The summed E-state index contributed by atoms with van der Waals surface area (Å²) in [7, 11) is 2.05. The van der Waals surface area contributed by atoms with Gasteiger partial charge in [0.15, 0.2) is 5.13 Å². The molecule has 1 N–H and O–H groups in total. The fourth-order valence-electron chi connectivity index (χ4n) is 1.90. The number of aliphatic hydroxyl groups is 1. The average molecular weight is 242 g/mol. The van der Waals surface area contributed by atoms with E-state index < -0.39 is 0 Å². The number of hydrogen-bond donors (Lipinski definition) is 1. The predicted molar refractivity (Wildman–Crippen MR) is 65.0 cm³/mol. The molecule has 1 aliphatic rings. The molecule has 0 radical (unpaired) electrons. The van der Waals surface area contributed by atoms with Crippen LogP contribution in [0, 0.1) is 0 Å². The van der Waals surface area contributed by atoms with Crippen LogP contribution in [0.1, 0.15) is 23.9 Å². The zero-order chi connectivity index (χ0) is 11.5. The van der Waals surface area contributed by atoms with Crippen LogP contribution < -0.4 is 4.90 Å². The molecule has 90 valence electrons. The van der Waals surface area contributed by atoms with Crippen LogP contribution in [-0.4, -0.2) is 36.4 Å². The smallest absolute Gasteiger partial charge is 0.185 e. The molecule has 0 bridgehead atoms. The molecule has 0 saturated carbocycles. The molecule has 4 nitrogen and oxygen atoms in total. The van der Waals surface area contributed by atoms with Gasteiger partial charge in [-0.15, -0.1) is 0 Å². The molecule has 2 heterocycles. The highest BCUT2D eigenvalue weighted by molar-refractivity contribution is 7.15. The van der Waals surface area contributed by atoms with Gasteiger partial charge in [0, 0.05) is 13.7 Å². The quantitative estimate of drug-likeness (QED) is 0.867. The molecule has 0 spiro atoms. The Balaban J connectivity index is 2.15. The van der Waals surface area contributed by atoms with Gasteiger partial charge in [0.05, 0.1) is 29.8 Å². The Morgan fingerprint density at radius 3 is 2.94 bits per heavy atom. The zero-order valence-corrected chi connectivity index (χ0v) is 10.6. The summed E-state index contributed by atoms with van der Waals surface area (Å²) < 4.78 is 5.38. The largest absolute Gasteiger partial charge is 0.391 e. The van der Waals surface area contributed by atoms with Crippen molar-refractivity contribution in [1.82, 2.24) is 4.98 Å².